The van der Waals surface area contributed by atoms with Gasteiger partial charge < -0.3 is 65.1 Å². The van der Waals surface area contributed by atoms with Gasteiger partial charge in [-0.1, -0.05) is 278 Å². The summed E-state index contributed by atoms with van der Waals surface area (Å²) in [6.07, 6.45) is 62.7. The van der Waals surface area contributed by atoms with Gasteiger partial charge in [-0.05, 0) is 77.0 Å². The highest BCUT2D eigenvalue weighted by Crippen LogP contribution is 2.30. The van der Waals surface area contributed by atoms with Crippen LogP contribution in [0.4, 0.5) is 0 Å². The molecule has 2 saturated heterocycles. The summed E-state index contributed by atoms with van der Waals surface area (Å²) < 4.78 is 22.9. The van der Waals surface area contributed by atoms with Gasteiger partial charge in [0.2, 0.25) is 5.91 Å². The van der Waals surface area contributed by atoms with Gasteiger partial charge in [0.05, 0.1) is 32.0 Å². The van der Waals surface area contributed by atoms with E-state index in [0.717, 1.165) is 109 Å². The van der Waals surface area contributed by atoms with E-state index in [9.17, 15) is 45.6 Å². The second-order valence-electron chi connectivity index (χ2n) is 24.3. The van der Waals surface area contributed by atoms with E-state index in [2.05, 4.69) is 116 Å². The van der Waals surface area contributed by atoms with E-state index in [-0.39, 0.29) is 12.5 Å². The molecule has 87 heavy (non-hydrogen) atoms. The molecule has 502 valence electrons. The number of aliphatic hydroxyl groups is 8. The van der Waals surface area contributed by atoms with E-state index in [4.69, 9.17) is 18.9 Å². The van der Waals surface area contributed by atoms with Crippen molar-refractivity contribution in [3.05, 3.63) is 97.2 Å². The molecule has 0 aromatic rings. The molecular weight excluding hydrogens is 1100 g/mol. The summed E-state index contributed by atoms with van der Waals surface area (Å²) in [6.45, 7) is 2.76. The number of ether oxygens (including phenoxy) is 4. The van der Waals surface area contributed by atoms with Gasteiger partial charge in [-0.2, -0.15) is 0 Å². The number of carbonyl (C=O) groups is 1. The molecule has 2 heterocycles. The molecule has 1 amide bonds. The zero-order valence-electron chi connectivity index (χ0n) is 54.5. The highest BCUT2D eigenvalue weighted by Gasteiger charge is 2.51. The van der Waals surface area contributed by atoms with Crippen molar-refractivity contribution in [1.82, 2.24) is 5.32 Å². The lowest BCUT2D eigenvalue weighted by Crippen LogP contribution is -2.65. The highest BCUT2D eigenvalue weighted by molar-refractivity contribution is 5.76. The minimum absolute atomic E-state index is 0.211. The number of nitrogens with one attached hydrogen (secondary N) is 1. The van der Waals surface area contributed by atoms with Gasteiger partial charge in [-0.25, -0.2) is 0 Å². The lowest BCUT2D eigenvalue weighted by molar-refractivity contribution is -0.359. The third-order valence-electron chi connectivity index (χ3n) is 16.6. The first-order valence-corrected chi connectivity index (χ1v) is 35.0. The second-order valence-corrected chi connectivity index (χ2v) is 24.3. The quantitative estimate of drug-likeness (QED) is 0.0204. The summed E-state index contributed by atoms with van der Waals surface area (Å²) >= 11 is 0. The molecule has 0 radical (unpaired) electrons. The monoisotopic (exact) mass is 1230 g/mol. The van der Waals surface area contributed by atoms with Gasteiger partial charge >= 0.3 is 0 Å². The molecule has 0 bridgehead atoms. The Kier molecular flexibility index (Phi) is 52.3. The summed E-state index contributed by atoms with van der Waals surface area (Å²) in [4.78, 5) is 13.3. The number of carbonyl (C=O) groups excluding carboxylic acids is 1. The van der Waals surface area contributed by atoms with Crippen LogP contribution >= 0.6 is 0 Å². The molecule has 0 spiro atoms. The summed E-state index contributed by atoms with van der Waals surface area (Å²) in [5, 5.41) is 87.5. The average molecular weight is 1230 g/mol. The maximum Gasteiger partial charge on any atom is 0.220 e. The van der Waals surface area contributed by atoms with Gasteiger partial charge in [0.1, 0.15) is 48.8 Å². The van der Waals surface area contributed by atoms with Crippen molar-refractivity contribution < 1.29 is 64.6 Å². The average Bonchev–Trinajstić information content (AvgIpc) is 2.36. The summed E-state index contributed by atoms with van der Waals surface area (Å²) in [7, 11) is 0. The fourth-order valence-corrected chi connectivity index (χ4v) is 11.0. The number of rotatable bonds is 56. The molecule has 14 nitrogen and oxygen atoms in total. The molecule has 0 aromatic carbocycles. The Bertz CT molecular complexity index is 1830. The van der Waals surface area contributed by atoms with Gasteiger partial charge in [0.15, 0.2) is 12.6 Å². The number of hydrogen-bond donors (Lipinski definition) is 9. The fourth-order valence-electron chi connectivity index (χ4n) is 11.0. The molecule has 9 N–H and O–H groups in total. The number of hydrogen-bond acceptors (Lipinski definition) is 13. The summed E-state index contributed by atoms with van der Waals surface area (Å²) in [6, 6.07) is -0.835. The lowest BCUT2D eigenvalue weighted by Gasteiger charge is -2.46. The van der Waals surface area contributed by atoms with Crippen molar-refractivity contribution in [1.29, 1.82) is 0 Å². The standard InChI is InChI=1S/C73H127NO13/c1-3-5-7-9-11-13-15-17-19-21-22-23-24-25-26-27-28-29-30-31-32-33-34-35-36-37-38-39-40-41-43-45-47-49-51-53-55-57-65(78)74-61(62(77)56-54-52-50-48-46-44-42-20-18-16-14-12-10-8-6-4-2)60-84-72-70(83)68(81)71(64(59-76)86-72)87-73-69(82)67(80)66(79)63(58-75)85-73/h5,7,11,13,17,19,22-23,25-26,28-29,31-32,34-35,61-64,66-73,75-77,79-83H,3-4,6,8-10,12,14-16,18,20-21,24,27,30,33,36-60H2,1-2H3,(H,74,78)/b7-5-,13-11-,19-17-,23-22-,26-25-,29-28-,32-31-,35-34-. The van der Waals surface area contributed by atoms with Crippen LogP contribution in [0.15, 0.2) is 97.2 Å². The normalized spacial score (nSPS) is 23.9. The van der Waals surface area contributed by atoms with Crippen molar-refractivity contribution in [2.24, 2.45) is 0 Å². The predicted octanol–water partition coefficient (Wildman–Crippen LogP) is 14.2. The fraction of sp³-hybridized carbons (Fsp3) is 0.767. The molecular formula is C73H127NO13. The molecule has 12 unspecified atom stereocenters. The Labute approximate surface area is 528 Å². The maximum atomic E-state index is 13.3. The third kappa shape index (κ3) is 41.1. The number of unbranched alkanes of at least 4 members (excludes halogenated alkanes) is 27. The van der Waals surface area contributed by atoms with E-state index in [1.807, 2.05) is 0 Å². The van der Waals surface area contributed by atoms with Gasteiger partial charge in [-0.15, -0.1) is 0 Å². The molecule has 2 fully saturated rings. The first-order valence-electron chi connectivity index (χ1n) is 35.0. The smallest absolute Gasteiger partial charge is 0.220 e. The van der Waals surface area contributed by atoms with Crippen LogP contribution in [-0.2, 0) is 23.7 Å². The third-order valence-corrected chi connectivity index (χ3v) is 16.6. The predicted molar refractivity (Wildman–Crippen MR) is 355 cm³/mol. The SMILES string of the molecule is CC/C=C\C/C=C\C/C=C\C/C=C\C/C=C\C/C=C\C/C=C\C/C=C\CCCCCCCCCCCCCCC(=O)NC(COC1OC(CO)C(OC2OC(CO)C(O)C(O)C2O)C(O)C1O)C(O)CCCCCCCCCCCCCCCCCC. The molecule has 0 aromatic heterocycles. The Morgan fingerprint density at radius 1 is 0.425 bits per heavy atom. The summed E-state index contributed by atoms with van der Waals surface area (Å²) in [5.41, 5.74) is 0. The highest BCUT2D eigenvalue weighted by atomic mass is 16.7. The van der Waals surface area contributed by atoms with Crippen molar-refractivity contribution in [2.45, 2.75) is 338 Å². The summed E-state index contributed by atoms with van der Waals surface area (Å²) in [5.74, 6) is -0.211. The molecule has 0 aliphatic carbocycles. The van der Waals surface area contributed by atoms with E-state index < -0.39 is 86.8 Å². The molecule has 12 atom stereocenters. The van der Waals surface area contributed by atoms with Crippen LogP contribution in [0.3, 0.4) is 0 Å². The Hall–Kier alpha value is -3.09. The van der Waals surface area contributed by atoms with Gasteiger partial charge in [-0.3, -0.25) is 4.79 Å². The second kappa shape index (κ2) is 56.9. The van der Waals surface area contributed by atoms with Crippen LogP contribution in [0.1, 0.15) is 264 Å². The number of allylic oxidation sites excluding steroid dienone is 16. The molecule has 2 aliphatic rings. The van der Waals surface area contributed by atoms with Crippen LogP contribution < -0.4 is 5.32 Å². The van der Waals surface area contributed by atoms with E-state index in [0.29, 0.717) is 12.8 Å². The van der Waals surface area contributed by atoms with Crippen LogP contribution in [0, 0.1) is 0 Å². The van der Waals surface area contributed by atoms with E-state index in [1.54, 1.807) is 0 Å². The zero-order valence-corrected chi connectivity index (χ0v) is 54.5. The molecule has 2 aliphatic heterocycles. The Morgan fingerprint density at radius 3 is 1.22 bits per heavy atom. The van der Waals surface area contributed by atoms with E-state index in [1.165, 1.54) is 128 Å². The maximum absolute atomic E-state index is 13.3. The largest absolute Gasteiger partial charge is 0.394 e. The van der Waals surface area contributed by atoms with Crippen LogP contribution in [0.5, 0.6) is 0 Å². The van der Waals surface area contributed by atoms with Crippen molar-refractivity contribution in [2.75, 3.05) is 19.8 Å². The topological polar surface area (TPSA) is 228 Å². The lowest BCUT2D eigenvalue weighted by atomic mass is 9.97. The van der Waals surface area contributed by atoms with Crippen molar-refractivity contribution in [3.8, 4) is 0 Å². The van der Waals surface area contributed by atoms with Crippen molar-refractivity contribution >= 4 is 5.91 Å². The minimum Gasteiger partial charge on any atom is -0.394 e. The Balaban J connectivity index is 1.62. The number of amides is 1. The van der Waals surface area contributed by atoms with Gasteiger partial charge in [0, 0.05) is 6.42 Å². The zero-order chi connectivity index (χ0) is 63.1. The van der Waals surface area contributed by atoms with Crippen LogP contribution in [-0.4, -0.2) is 140 Å². The van der Waals surface area contributed by atoms with Crippen LogP contribution in [0.2, 0.25) is 0 Å². The van der Waals surface area contributed by atoms with Crippen molar-refractivity contribution in [3.63, 3.8) is 0 Å². The van der Waals surface area contributed by atoms with Crippen LogP contribution in [0.25, 0.3) is 0 Å². The molecule has 14 heteroatoms. The Morgan fingerprint density at radius 2 is 0.793 bits per heavy atom. The molecule has 2 rings (SSSR count). The molecule has 0 saturated carbocycles. The minimum atomic E-state index is -1.79. The first kappa shape index (κ1) is 80.0. The van der Waals surface area contributed by atoms with E-state index >= 15 is 0 Å². The van der Waals surface area contributed by atoms with Gasteiger partial charge in [0.25, 0.3) is 0 Å². The first-order chi connectivity index (χ1) is 42.6. The number of aliphatic hydroxyl groups excluding tert-OH is 8.